The smallest absolute Gasteiger partial charge is 0.545 e. The molecule has 0 fully saturated rings. The number of carboxylic acid groups (broad SMARTS) is 1. The number of ketones is 1. The summed E-state index contributed by atoms with van der Waals surface area (Å²) in [5.74, 6) is -0.749. The maximum absolute atomic E-state index is 13.6. The quantitative estimate of drug-likeness (QED) is 0.203. The fourth-order valence-corrected chi connectivity index (χ4v) is 4.11. The molecular formula is C25H19N2NaO5S. The second-order valence-corrected chi connectivity index (χ2v) is 7.68. The minimum absolute atomic E-state index is 0. The number of para-hydroxylation sites is 1. The molecule has 0 aliphatic heterocycles. The van der Waals surface area contributed by atoms with Crippen molar-refractivity contribution in [3.05, 3.63) is 89.0 Å². The number of ether oxygens (including phenoxy) is 2. The SMILES string of the molecule is COc1ccc(C(=O)C(Cc2ccccc2OC)=C(C(=O)[O-])c2ccc3nsnc3c2)cc1.[Na+]. The van der Waals surface area contributed by atoms with Crippen LogP contribution < -0.4 is 44.1 Å². The zero-order valence-corrected chi connectivity index (χ0v) is 21.7. The van der Waals surface area contributed by atoms with Crippen molar-refractivity contribution >= 4 is 40.1 Å². The van der Waals surface area contributed by atoms with E-state index in [1.54, 1.807) is 66.7 Å². The fourth-order valence-electron chi connectivity index (χ4n) is 3.59. The van der Waals surface area contributed by atoms with Gasteiger partial charge in [-0.25, -0.2) is 0 Å². The molecule has 4 aromatic rings. The van der Waals surface area contributed by atoms with E-state index in [-0.39, 0.29) is 47.1 Å². The molecule has 9 heteroatoms. The number of rotatable bonds is 8. The maximum Gasteiger partial charge on any atom is 1.00 e. The molecule has 0 unspecified atom stereocenters. The zero-order chi connectivity index (χ0) is 23.4. The van der Waals surface area contributed by atoms with Crippen LogP contribution in [0.1, 0.15) is 21.5 Å². The number of hydrogen-bond donors (Lipinski definition) is 0. The van der Waals surface area contributed by atoms with Crippen molar-refractivity contribution in [2.24, 2.45) is 0 Å². The fraction of sp³-hybridized carbons (Fsp3) is 0.120. The van der Waals surface area contributed by atoms with Gasteiger partial charge >= 0.3 is 29.6 Å². The molecule has 0 N–H and O–H groups in total. The van der Waals surface area contributed by atoms with Crippen LogP contribution in [0.4, 0.5) is 0 Å². The number of fused-ring (bicyclic) bond motifs is 1. The number of allylic oxidation sites excluding steroid dienone is 1. The predicted molar refractivity (Wildman–Crippen MR) is 123 cm³/mol. The third kappa shape index (κ3) is 5.37. The molecule has 0 saturated heterocycles. The van der Waals surface area contributed by atoms with Crippen molar-refractivity contribution in [2.45, 2.75) is 6.42 Å². The molecule has 1 heterocycles. The molecule has 34 heavy (non-hydrogen) atoms. The van der Waals surface area contributed by atoms with Gasteiger partial charge in [-0.1, -0.05) is 24.3 Å². The van der Waals surface area contributed by atoms with E-state index in [1.807, 2.05) is 0 Å². The van der Waals surface area contributed by atoms with Gasteiger partial charge in [-0.2, -0.15) is 8.75 Å². The summed E-state index contributed by atoms with van der Waals surface area (Å²) >= 11 is 1.03. The van der Waals surface area contributed by atoms with Crippen molar-refractivity contribution in [3.8, 4) is 11.5 Å². The summed E-state index contributed by atoms with van der Waals surface area (Å²) in [7, 11) is 3.05. The monoisotopic (exact) mass is 482 g/mol. The molecule has 4 rings (SSSR count). The molecule has 166 valence electrons. The van der Waals surface area contributed by atoms with Gasteiger partial charge in [0.15, 0.2) is 5.78 Å². The summed E-state index contributed by atoms with van der Waals surface area (Å²) in [4.78, 5) is 26.0. The van der Waals surface area contributed by atoms with Crippen molar-refractivity contribution < 1.29 is 53.7 Å². The van der Waals surface area contributed by atoms with Gasteiger partial charge in [0.25, 0.3) is 0 Å². The van der Waals surface area contributed by atoms with E-state index in [9.17, 15) is 14.7 Å². The van der Waals surface area contributed by atoms with Gasteiger partial charge in [0.2, 0.25) is 0 Å². The number of aliphatic carboxylic acids is 1. The van der Waals surface area contributed by atoms with Gasteiger partial charge in [0, 0.05) is 23.1 Å². The third-order valence-corrected chi connectivity index (χ3v) is 5.79. The number of carbonyl (C=O) groups excluding carboxylic acids is 2. The van der Waals surface area contributed by atoms with Crippen molar-refractivity contribution in [1.82, 2.24) is 8.75 Å². The molecule has 0 saturated carbocycles. The largest absolute Gasteiger partial charge is 1.00 e. The van der Waals surface area contributed by atoms with Gasteiger partial charge in [-0.3, -0.25) is 4.79 Å². The summed E-state index contributed by atoms with van der Waals surface area (Å²) in [6, 6.07) is 18.6. The summed E-state index contributed by atoms with van der Waals surface area (Å²) in [5.41, 5.74) is 2.40. The molecule has 0 amide bonds. The molecule has 0 bridgehead atoms. The maximum atomic E-state index is 13.6. The standard InChI is InChI=1S/C25H20N2O5S.Na/c1-31-18-10-7-15(8-11-18)24(28)19(13-16-5-3-4-6-22(16)32-2)23(25(29)30)17-9-12-20-21(14-17)27-33-26-20;/h3-12,14H,13H2,1-2H3,(H,29,30);/q;+1/p-1. The van der Waals surface area contributed by atoms with E-state index in [1.165, 1.54) is 14.2 Å². The Kier molecular flexibility index (Phi) is 8.57. The van der Waals surface area contributed by atoms with Gasteiger partial charge in [0.05, 0.1) is 31.9 Å². The number of nitrogens with zero attached hydrogens (tertiary/aromatic N) is 2. The van der Waals surface area contributed by atoms with Gasteiger partial charge in [0.1, 0.15) is 22.5 Å². The average Bonchev–Trinajstić information content (AvgIpc) is 3.31. The molecule has 7 nitrogen and oxygen atoms in total. The Balaban J connectivity index is 0.00000324. The topological polar surface area (TPSA) is 101 Å². The summed E-state index contributed by atoms with van der Waals surface area (Å²) < 4.78 is 18.9. The van der Waals surface area contributed by atoms with Gasteiger partial charge in [-0.15, -0.1) is 0 Å². The van der Waals surface area contributed by atoms with Crippen molar-refractivity contribution in [3.63, 3.8) is 0 Å². The van der Waals surface area contributed by atoms with E-state index in [4.69, 9.17) is 9.47 Å². The van der Waals surface area contributed by atoms with E-state index in [0.29, 0.717) is 39.2 Å². The summed E-state index contributed by atoms with van der Waals surface area (Å²) in [5, 5.41) is 12.4. The molecule has 0 aliphatic carbocycles. The molecule has 1 aromatic heterocycles. The normalized spacial score (nSPS) is 11.4. The number of hydrogen-bond acceptors (Lipinski definition) is 8. The first-order valence-corrected chi connectivity index (χ1v) is 10.7. The Hall–Kier alpha value is -3.04. The Labute approximate surface area is 222 Å². The number of carbonyl (C=O) groups is 2. The van der Waals surface area contributed by atoms with Crippen LogP contribution in [-0.4, -0.2) is 34.7 Å². The first-order chi connectivity index (χ1) is 16.0. The first-order valence-electron chi connectivity index (χ1n) is 9.99. The minimum atomic E-state index is -1.45. The van der Waals surface area contributed by atoms with Crippen molar-refractivity contribution in [1.29, 1.82) is 0 Å². The molecule has 0 aliphatic rings. The molecule has 0 radical (unpaired) electrons. The average molecular weight is 482 g/mol. The van der Waals surface area contributed by atoms with Crippen LogP contribution >= 0.6 is 11.7 Å². The molecular weight excluding hydrogens is 463 g/mol. The first kappa shape index (κ1) is 25.6. The number of aromatic nitrogens is 2. The summed E-state index contributed by atoms with van der Waals surface area (Å²) in [6.45, 7) is 0. The molecule has 0 atom stereocenters. The van der Waals surface area contributed by atoms with Crippen LogP contribution in [0.3, 0.4) is 0 Å². The Morgan fingerprint density at radius 2 is 1.56 bits per heavy atom. The van der Waals surface area contributed by atoms with Crippen LogP contribution in [0.5, 0.6) is 11.5 Å². The number of Topliss-reactive ketones (excluding diaryl/α,β-unsaturated/α-hetero) is 1. The second-order valence-electron chi connectivity index (χ2n) is 7.15. The van der Waals surface area contributed by atoms with Gasteiger partial charge < -0.3 is 19.4 Å². The Bertz CT molecular complexity index is 1370. The van der Waals surface area contributed by atoms with Gasteiger partial charge in [-0.05, 0) is 53.6 Å². The van der Waals surface area contributed by atoms with Crippen molar-refractivity contribution in [2.75, 3.05) is 14.2 Å². The third-order valence-electron chi connectivity index (χ3n) is 5.23. The second kappa shape index (κ2) is 11.4. The van der Waals surface area contributed by atoms with E-state index >= 15 is 0 Å². The van der Waals surface area contributed by atoms with Crippen LogP contribution in [0.2, 0.25) is 0 Å². The van der Waals surface area contributed by atoms with E-state index < -0.39 is 11.8 Å². The van der Waals surface area contributed by atoms with E-state index in [0.717, 1.165) is 11.7 Å². The predicted octanol–water partition coefficient (Wildman–Crippen LogP) is 0.342. The van der Waals surface area contributed by atoms with Crippen LogP contribution in [0, 0.1) is 0 Å². The van der Waals surface area contributed by atoms with Crippen LogP contribution in [0.15, 0.2) is 72.3 Å². The molecule has 3 aromatic carbocycles. The van der Waals surface area contributed by atoms with Crippen LogP contribution in [-0.2, 0) is 11.2 Å². The number of methoxy groups -OCH3 is 2. The zero-order valence-electron chi connectivity index (χ0n) is 18.9. The molecule has 0 spiro atoms. The Morgan fingerprint density at radius 1 is 0.882 bits per heavy atom. The summed E-state index contributed by atoms with van der Waals surface area (Å²) in [6.07, 6.45) is 0.0333. The van der Waals surface area contributed by atoms with Crippen LogP contribution in [0.25, 0.3) is 16.6 Å². The minimum Gasteiger partial charge on any atom is -0.545 e. The number of carboxylic acids is 1. The Morgan fingerprint density at radius 3 is 2.24 bits per heavy atom. The van der Waals surface area contributed by atoms with E-state index in [2.05, 4.69) is 8.75 Å². The number of benzene rings is 3.